The lowest BCUT2D eigenvalue weighted by Crippen LogP contribution is -2.36. The SMILES string of the molecule is N/C=C1/CN(c2ccc(N3CCOCC3)c(F)c2)C(=O)O1. The number of halogens is 1. The van der Waals surface area contributed by atoms with Gasteiger partial charge in [-0.2, -0.15) is 0 Å². The summed E-state index contributed by atoms with van der Waals surface area (Å²) < 4.78 is 24.5. The first-order valence-corrected chi connectivity index (χ1v) is 6.71. The lowest BCUT2D eigenvalue weighted by molar-refractivity contribution is 0.122. The molecule has 2 aliphatic rings. The van der Waals surface area contributed by atoms with Gasteiger partial charge in [0.15, 0.2) is 0 Å². The monoisotopic (exact) mass is 293 g/mol. The number of carbonyl (C=O) groups is 1. The van der Waals surface area contributed by atoms with Gasteiger partial charge in [0.2, 0.25) is 0 Å². The van der Waals surface area contributed by atoms with Crippen LogP contribution in [0.4, 0.5) is 20.6 Å². The minimum Gasteiger partial charge on any atom is -0.411 e. The zero-order valence-corrected chi connectivity index (χ0v) is 11.4. The predicted octanol–water partition coefficient (Wildman–Crippen LogP) is 1.42. The van der Waals surface area contributed by atoms with Crippen molar-refractivity contribution in [3.63, 3.8) is 0 Å². The van der Waals surface area contributed by atoms with Gasteiger partial charge >= 0.3 is 6.09 Å². The van der Waals surface area contributed by atoms with Crippen LogP contribution >= 0.6 is 0 Å². The van der Waals surface area contributed by atoms with E-state index in [0.29, 0.717) is 43.4 Å². The van der Waals surface area contributed by atoms with Gasteiger partial charge in [-0.1, -0.05) is 0 Å². The van der Waals surface area contributed by atoms with Crippen LogP contribution in [0.1, 0.15) is 0 Å². The maximum Gasteiger partial charge on any atom is 0.419 e. The second kappa shape index (κ2) is 5.61. The van der Waals surface area contributed by atoms with E-state index in [9.17, 15) is 9.18 Å². The maximum absolute atomic E-state index is 14.3. The molecule has 1 amide bonds. The van der Waals surface area contributed by atoms with Crippen molar-refractivity contribution in [2.24, 2.45) is 5.73 Å². The third-order valence-electron chi connectivity index (χ3n) is 3.53. The van der Waals surface area contributed by atoms with Gasteiger partial charge in [-0.25, -0.2) is 9.18 Å². The van der Waals surface area contributed by atoms with Crippen molar-refractivity contribution >= 4 is 17.5 Å². The fourth-order valence-corrected chi connectivity index (χ4v) is 2.43. The molecule has 0 unspecified atom stereocenters. The highest BCUT2D eigenvalue weighted by atomic mass is 19.1. The van der Waals surface area contributed by atoms with E-state index in [1.165, 1.54) is 17.2 Å². The predicted molar refractivity (Wildman–Crippen MR) is 75.5 cm³/mol. The molecule has 1 aromatic carbocycles. The Balaban J connectivity index is 1.82. The molecule has 0 radical (unpaired) electrons. The van der Waals surface area contributed by atoms with Crippen LogP contribution in [0.2, 0.25) is 0 Å². The number of nitrogens with two attached hydrogens (primary N) is 1. The molecule has 21 heavy (non-hydrogen) atoms. The summed E-state index contributed by atoms with van der Waals surface area (Å²) in [5, 5.41) is 0. The molecular weight excluding hydrogens is 277 g/mol. The molecule has 7 heteroatoms. The number of benzene rings is 1. The maximum atomic E-state index is 14.3. The summed E-state index contributed by atoms with van der Waals surface area (Å²) in [6.45, 7) is 2.70. The van der Waals surface area contributed by atoms with Crippen molar-refractivity contribution in [3.8, 4) is 0 Å². The van der Waals surface area contributed by atoms with Crippen molar-refractivity contribution in [2.75, 3.05) is 42.6 Å². The van der Waals surface area contributed by atoms with E-state index in [-0.39, 0.29) is 12.4 Å². The fourth-order valence-electron chi connectivity index (χ4n) is 2.43. The summed E-state index contributed by atoms with van der Waals surface area (Å²) in [6.07, 6.45) is 0.682. The molecule has 0 bridgehead atoms. The average molecular weight is 293 g/mol. The van der Waals surface area contributed by atoms with Gasteiger partial charge in [0, 0.05) is 19.3 Å². The van der Waals surface area contributed by atoms with Crippen LogP contribution in [-0.2, 0) is 9.47 Å². The molecule has 2 saturated heterocycles. The third kappa shape index (κ3) is 2.64. The smallest absolute Gasteiger partial charge is 0.411 e. The number of anilines is 2. The van der Waals surface area contributed by atoms with Crippen molar-refractivity contribution in [2.45, 2.75) is 0 Å². The molecule has 0 spiro atoms. The van der Waals surface area contributed by atoms with E-state index in [1.807, 2.05) is 4.90 Å². The minimum absolute atomic E-state index is 0.214. The lowest BCUT2D eigenvalue weighted by atomic mass is 10.2. The summed E-state index contributed by atoms with van der Waals surface area (Å²) in [6, 6.07) is 4.72. The highest BCUT2D eigenvalue weighted by Gasteiger charge is 2.29. The van der Waals surface area contributed by atoms with Crippen molar-refractivity contribution in [1.82, 2.24) is 0 Å². The Morgan fingerprint density at radius 1 is 1.29 bits per heavy atom. The second-order valence-electron chi connectivity index (χ2n) is 4.82. The molecule has 0 aromatic heterocycles. The van der Waals surface area contributed by atoms with Gasteiger partial charge in [-0.05, 0) is 18.2 Å². The third-order valence-corrected chi connectivity index (χ3v) is 3.53. The Labute approximate surface area is 121 Å². The Morgan fingerprint density at radius 2 is 2.05 bits per heavy atom. The van der Waals surface area contributed by atoms with E-state index in [1.54, 1.807) is 12.1 Å². The van der Waals surface area contributed by atoms with Crippen LogP contribution in [0.3, 0.4) is 0 Å². The van der Waals surface area contributed by atoms with Gasteiger partial charge in [0.25, 0.3) is 0 Å². The first-order chi connectivity index (χ1) is 10.2. The Hall–Kier alpha value is -2.28. The first-order valence-electron chi connectivity index (χ1n) is 6.71. The van der Waals surface area contributed by atoms with Crippen LogP contribution in [0.25, 0.3) is 0 Å². The van der Waals surface area contributed by atoms with Crippen LogP contribution in [-0.4, -0.2) is 38.9 Å². The summed E-state index contributed by atoms with van der Waals surface area (Å²) in [5.41, 5.74) is 6.30. The molecule has 2 aliphatic heterocycles. The molecular formula is C14H16FN3O3. The largest absolute Gasteiger partial charge is 0.419 e. The van der Waals surface area contributed by atoms with Gasteiger partial charge in [-0.3, -0.25) is 4.90 Å². The molecule has 0 aliphatic carbocycles. The molecule has 0 saturated carbocycles. The summed E-state index contributed by atoms with van der Waals surface area (Å²) in [7, 11) is 0. The quantitative estimate of drug-likeness (QED) is 0.893. The van der Waals surface area contributed by atoms with E-state index in [0.717, 1.165) is 0 Å². The van der Waals surface area contributed by atoms with E-state index >= 15 is 0 Å². The van der Waals surface area contributed by atoms with Crippen molar-refractivity contribution in [3.05, 3.63) is 36.0 Å². The van der Waals surface area contributed by atoms with Crippen molar-refractivity contribution < 1.29 is 18.7 Å². The summed E-state index contributed by atoms with van der Waals surface area (Å²) in [5.74, 6) is -0.00922. The van der Waals surface area contributed by atoms with Crippen LogP contribution in [0.5, 0.6) is 0 Å². The average Bonchev–Trinajstić information content (AvgIpc) is 2.89. The fraction of sp³-hybridized carbons (Fsp3) is 0.357. The molecule has 3 rings (SSSR count). The Kier molecular flexibility index (Phi) is 3.66. The standard InChI is InChI=1S/C14H16FN3O3/c15-12-7-10(18-9-11(8-16)21-14(18)19)1-2-13(12)17-3-5-20-6-4-17/h1-2,7-8H,3-6,9,16H2/b11-8-. The van der Waals surface area contributed by atoms with E-state index in [4.69, 9.17) is 15.2 Å². The lowest BCUT2D eigenvalue weighted by Gasteiger charge is -2.29. The highest BCUT2D eigenvalue weighted by Crippen LogP contribution is 2.28. The molecule has 112 valence electrons. The first kappa shape index (κ1) is 13.7. The number of hydrogen-bond donors (Lipinski definition) is 1. The Morgan fingerprint density at radius 3 is 2.67 bits per heavy atom. The van der Waals surface area contributed by atoms with Gasteiger partial charge in [0.05, 0.1) is 31.1 Å². The number of rotatable bonds is 2. The molecule has 1 aromatic rings. The summed E-state index contributed by atoms with van der Waals surface area (Å²) in [4.78, 5) is 15.0. The van der Waals surface area contributed by atoms with E-state index < -0.39 is 6.09 Å². The Bertz CT molecular complexity index is 585. The molecule has 2 heterocycles. The number of nitrogens with zero attached hydrogens (tertiary/aromatic N) is 2. The zero-order chi connectivity index (χ0) is 14.8. The van der Waals surface area contributed by atoms with Gasteiger partial charge < -0.3 is 20.1 Å². The number of carbonyl (C=O) groups excluding carboxylic acids is 1. The second-order valence-corrected chi connectivity index (χ2v) is 4.82. The number of ether oxygens (including phenoxy) is 2. The molecule has 2 N–H and O–H groups in total. The van der Waals surface area contributed by atoms with Crippen LogP contribution < -0.4 is 15.5 Å². The summed E-state index contributed by atoms with van der Waals surface area (Å²) >= 11 is 0. The minimum atomic E-state index is -0.551. The van der Waals surface area contributed by atoms with E-state index in [2.05, 4.69) is 0 Å². The number of amides is 1. The molecule has 2 fully saturated rings. The normalized spacial score (nSPS) is 21.0. The van der Waals surface area contributed by atoms with Crippen LogP contribution in [0, 0.1) is 5.82 Å². The van der Waals surface area contributed by atoms with Crippen LogP contribution in [0.15, 0.2) is 30.2 Å². The topological polar surface area (TPSA) is 68.0 Å². The molecule has 0 atom stereocenters. The number of cyclic esters (lactones) is 1. The molecule has 6 nitrogen and oxygen atoms in total. The highest BCUT2D eigenvalue weighted by molar-refractivity contribution is 5.91. The number of morpholine rings is 1. The van der Waals surface area contributed by atoms with Crippen molar-refractivity contribution in [1.29, 1.82) is 0 Å². The zero-order valence-electron chi connectivity index (χ0n) is 11.4. The number of hydrogen-bond acceptors (Lipinski definition) is 5. The van der Waals surface area contributed by atoms with Gasteiger partial charge in [-0.15, -0.1) is 0 Å². The van der Waals surface area contributed by atoms with Gasteiger partial charge in [0.1, 0.15) is 11.6 Å².